The molecule has 1 aliphatic rings. The van der Waals surface area contributed by atoms with E-state index in [9.17, 15) is 19.2 Å². The Labute approximate surface area is 181 Å². The van der Waals surface area contributed by atoms with Crippen molar-refractivity contribution in [3.8, 4) is 0 Å². The normalized spacial score (nSPS) is 16.5. The molecule has 0 radical (unpaired) electrons. The maximum atomic E-state index is 12.5. The first kappa shape index (κ1) is 26.2. The monoisotopic (exact) mass is 444 g/mol. The number of rotatable bonds is 5. The molecule has 0 bridgehead atoms. The Morgan fingerprint density at radius 3 is 2.06 bits per heavy atom. The molecular formula is C20H32N2O9. The first-order valence-electron chi connectivity index (χ1n) is 9.93. The maximum absolute atomic E-state index is 12.5. The zero-order valence-electron chi connectivity index (χ0n) is 19.2. The Balaban J connectivity index is 2.80. The fourth-order valence-corrected chi connectivity index (χ4v) is 2.30. The van der Waals surface area contributed by atoms with E-state index < -0.39 is 40.9 Å². The van der Waals surface area contributed by atoms with Crippen LogP contribution >= 0.6 is 0 Å². The number of nitrogens with one attached hydrogen (secondary N) is 1. The minimum absolute atomic E-state index is 0.0897. The maximum Gasteiger partial charge on any atom is 0.508 e. The van der Waals surface area contributed by atoms with Crippen molar-refractivity contribution in [2.45, 2.75) is 72.5 Å². The molecule has 31 heavy (non-hydrogen) atoms. The average molecular weight is 444 g/mol. The van der Waals surface area contributed by atoms with Gasteiger partial charge in [-0.3, -0.25) is 10.1 Å². The van der Waals surface area contributed by atoms with Crippen molar-refractivity contribution in [1.82, 2.24) is 5.32 Å². The molecule has 2 amide bonds. The number of alkyl carbamates (subject to hydrolysis) is 1. The summed E-state index contributed by atoms with van der Waals surface area (Å²) >= 11 is 0. The highest BCUT2D eigenvalue weighted by Crippen LogP contribution is 2.28. The van der Waals surface area contributed by atoms with Gasteiger partial charge in [-0.15, -0.1) is 0 Å². The van der Waals surface area contributed by atoms with Gasteiger partial charge in [0.1, 0.15) is 35.7 Å². The lowest BCUT2D eigenvalue weighted by Gasteiger charge is -2.32. The fraction of sp³-hybridized carbons (Fsp3) is 0.750. The molecule has 1 saturated heterocycles. The SMILES string of the molecule is CCC1(C(=O)OCCC(=NC(=O)OC(C)(C)C)NC(=O)OC(C)(C)C)COC(=O)OC1. The minimum atomic E-state index is -1.12. The van der Waals surface area contributed by atoms with Crippen LogP contribution in [0, 0.1) is 5.41 Å². The molecule has 1 rings (SSSR count). The summed E-state index contributed by atoms with van der Waals surface area (Å²) in [6.07, 6.45) is -2.34. The number of nitrogens with zero attached hydrogens (tertiary/aromatic N) is 1. The molecule has 1 fully saturated rings. The Kier molecular flexibility index (Phi) is 8.83. The second kappa shape index (κ2) is 10.5. The molecule has 0 aromatic rings. The summed E-state index contributed by atoms with van der Waals surface area (Å²) in [5.74, 6) is -0.718. The van der Waals surface area contributed by atoms with Crippen LogP contribution in [-0.2, 0) is 28.5 Å². The van der Waals surface area contributed by atoms with Gasteiger partial charge in [0.05, 0.1) is 6.61 Å². The van der Waals surface area contributed by atoms with Crippen LogP contribution in [0.15, 0.2) is 4.99 Å². The van der Waals surface area contributed by atoms with E-state index in [2.05, 4.69) is 10.3 Å². The van der Waals surface area contributed by atoms with Gasteiger partial charge < -0.3 is 23.7 Å². The van der Waals surface area contributed by atoms with Gasteiger partial charge in [0.15, 0.2) is 0 Å². The summed E-state index contributed by atoms with van der Waals surface area (Å²) in [5.41, 5.74) is -2.66. The zero-order chi connectivity index (χ0) is 23.9. The van der Waals surface area contributed by atoms with Crippen LogP contribution < -0.4 is 5.32 Å². The predicted molar refractivity (Wildman–Crippen MR) is 109 cm³/mol. The molecule has 1 aliphatic heterocycles. The number of ether oxygens (including phenoxy) is 5. The zero-order valence-corrected chi connectivity index (χ0v) is 19.2. The van der Waals surface area contributed by atoms with Crippen LogP contribution in [0.25, 0.3) is 0 Å². The van der Waals surface area contributed by atoms with E-state index in [-0.39, 0.29) is 32.1 Å². The summed E-state index contributed by atoms with van der Waals surface area (Å²) in [5, 5.41) is 2.38. The minimum Gasteiger partial charge on any atom is -0.465 e. The largest absolute Gasteiger partial charge is 0.508 e. The first-order valence-corrected chi connectivity index (χ1v) is 9.93. The lowest BCUT2D eigenvalue weighted by Crippen LogP contribution is -2.46. The molecule has 0 atom stereocenters. The van der Waals surface area contributed by atoms with Crippen molar-refractivity contribution in [2.75, 3.05) is 19.8 Å². The third-order valence-corrected chi connectivity index (χ3v) is 3.88. The summed E-state index contributed by atoms with van der Waals surface area (Å²) < 4.78 is 25.2. The number of cyclic esters (lactones) is 2. The van der Waals surface area contributed by atoms with Crippen LogP contribution in [0.4, 0.5) is 14.4 Å². The molecule has 0 aromatic heterocycles. The van der Waals surface area contributed by atoms with Gasteiger partial charge in [-0.2, -0.15) is 4.99 Å². The smallest absolute Gasteiger partial charge is 0.465 e. The Bertz CT molecular complexity index is 707. The average Bonchev–Trinajstić information content (AvgIpc) is 2.59. The van der Waals surface area contributed by atoms with E-state index >= 15 is 0 Å². The van der Waals surface area contributed by atoms with Crippen LogP contribution in [0.1, 0.15) is 61.3 Å². The summed E-state index contributed by atoms with van der Waals surface area (Å²) in [4.78, 5) is 51.5. The number of hydrogen-bond acceptors (Lipinski definition) is 9. The number of carbonyl (C=O) groups is 4. The third-order valence-electron chi connectivity index (χ3n) is 3.88. The second-order valence-corrected chi connectivity index (χ2v) is 9.01. The quantitative estimate of drug-likeness (QED) is 0.293. The van der Waals surface area contributed by atoms with E-state index in [4.69, 9.17) is 23.7 Å². The Hall–Kier alpha value is -2.85. The predicted octanol–water partition coefficient (Wildman–Crippen LogP) is 3.34. The van der Waals surface area contributed by atoms with Crippen molar-refractivity contribution < 1.29 is 42.9 Å². The fourth-order valence-electron chi connectivity index (χ4n) is 2.30. The highest BCUT2D eigenvalue weighted by Gasteiger charge is 2.44. The number of amidine groups is 1. The Morgan fingerprint density at radius 2 is 1.58 bits per heavy atom. The standard InChI is InChI=1S/C20H32N2O9/c1-8-20(11-28-17(26)29-12-20)14(23)27-10-9-13(21-15(24)30-18(2,3)4)22-16(25)31-19(5,6)7/h8-12H2,1-7H3,(H,21,22,24,25). The molecule has 11 heteroatoms. The number of esters is 1. The number of carbonyl (C=O) groups excluding carboxylic acids is 4. The molecule has 1 heterocycles. The molecule has 0 unspecified atom stereocenters. The molecule has 0 saturated carbocycles. The first-order chi connectivity index (χ1) is 14.2. The number of amides is 2. The topological polar surface area (TPSA) is 139 Å². The second-order valence-electron chi connectivity index (χ2n) is 9.01. The highest BCUT2D eigenvalue weighted by molar-refractivity contribution is 6.00. The van der Waals surface area contributed by atoms with Gasteiger partial charge in [-0.1, -0.05) is 6.92 Å². The van der Waals surface area contributed by atoms with E-state index in [1.165, 1.54) is 0 Å². The van der Waals surface area contributed by atoms with E-state index in [0.717, 1.165) is 0 Å². The van der Waals surface area contributed by atoms with Crippen molar-refractivity contribution in [3.63, 3.8) is 0 Å². The molecule has 176 valence electrons. The lowest BCUT2D eigenvalue weighted by molar-refractivity contribution is -0.168. The van der Waals surface area contributed by atoms with Crippen molar-refractivity contribution in [1.29, 1.82) is 0 Å². The van der Waals surface area contributed by atoms with E-state index in [1.807, 2.05) is 0 Å². The molecule has 1 N–H and O–H groups in total. The lowest BCUT2D eigenvalue weighted by atomic mass is 9.86. The molecular weight excluding hydrogens is 412 g/mol. The van der Waals surface area contributed by atoms with Crippen LogP contribution in [0.3, 0.4) is 0 Å². The van der Waals surface area contributed by atoms with Gasteiger partial charge in [-0.25, -0.2) is 14.4 Å². The summed E-state index contributed by atoms with van der Waals surface area (Å²) in [6.45, 7) is 11.3. The van der Waals surface area contributed by atoms with Crippen molar-refractivity contribution in [2.24, 2.45) is 10.4 Å². The van der Waals surface area contributed by atoms with Crippen molar-refractivity contribution >= 4 is 30.1 Å². The van der Waals surface area contributed by atoms with Gasteiger partial charge in [-0.05, 0) is 48.0 Å². The van der Waals surface area contributed by atoms with Gasteiger partial charge in [0.2, 0.25) is 0 Å². The van der Waals surface area contributed by atoms with Crippen LogP contribution in [0.5, 0.6) is 0 Å². The highest BCUT2D eigenvalue weighted by atomic mass is 16.7. The summed E-state index contributed by atoms with van der Waals surface area (Å²) in [6, 6.07) is 0. The summed E-state index contributed by atoms with van der Waals surface area (Å²) in [7, 11) is 0. The van der Waals surface area contributed by atoms with Crippen LogP contribution in [0.2, 0.25) is 0 Å². The van der Waals surface area contributed by atoms with E-state index in [1.54, 1.807) is 48.5 Å². The van der Waals surface area contributed by atoms with Crippen LogP contribution in [-0.4, -0.2) is 61.2 Å². The molecule has 0 aromatic carbocycles. The van der Waals surface area contributed by atoms with Crippen molar-refractivity contribution in [3.05, 3.63) is 0 Å². The Morgan fingerprint density at radius 1 is 1.03 bits per heavy atom. The molecule has 0 spiro atoms. The van der Waals surface area contributed by atoms with E-state index in [0.29, 0.717) is 6.42 Å². The van der Waals surface area contributed by atoms with Gasteiger partial charge in [0, 0.05) is 6.42 Å². The molecule has 11 nitrogen and oxygen atoms in total. The number of aliphatic imine (C=N–C) groups is 1. The number of hydrogen-bond donors (Lipinski definition) is 1. The third kappa shape index (κ3) is 9.67. The van der Waals surface area contributed by atoms with Gasteiger partial charge in [0.25, 0.3) is 0 Å². The van der Waals surface area contributed by atoms with Gasteiger partial charge >= 0.3 is 24.3 Å². The molecule has 0 aliphatic carbocycles.